The molecule has 0 bridgehead atoms. The van der Waals surface area contributed by atoms with Gasteiger partial charge in [-0.2, -0.15) is 0 Å². The SMILES string of the molecule is CCOC(=O)C(N)C(O)c1cc(Cl)cs1. The Kier molecular flexibility index (Phi) is 4.53. The Labute approximate surface area is 96.6 Å². The number of aliphatic hydroxyl groups is 1. The first kappa shape index (κ1) is 12.4. The molecule has 0 spiro atoms. The monoisotopic (exact) mass is 249 g/mol. The fourth-order valence-corrected chi connectivity index (χ4v) is 2.14. The first-order valence-corrected chi connectivity index (χ1v) is 5.66. The fraction of sp³-hybridized carbons (Fsp3) is 0.444. The molecule has 2 atom stereocenters. The lowest BCUT2D eigenvalue weighted by molar-refractivity contribution is -0.147. The van der Waals surface area contributed by atoms with Crippen molar-refractivity contribution in [1.82, 2.24) is 0 Å². The number of hydrogen-bond acceptors (Lipinski definition) is 5. The zero-order valence-corrected chi connectivity index (χ0v) is 9.72. The van der Waals surface area contributed by atoms with Gasteiger partial charge in [-0.3, -0.25) is 4.79 Å². The Bertz CT molecular complexity index is 342. The first-order chi connectivity index (χ1) is 7.06. The molecule has 0 radical (unpaired) electrons. The van der Waals surface area contributed by atoms with Crippen LogP contribution in [0.15, 0.2) is 11.4 Å². The third-order valence-electron chi connectivity index (χ3n) is 1.78. The van der Waals surface area contributed by atoms with Crippen LogP contribution in [0.5, 0.6) is 0 Å². The molecule has 0 aromatic carbocycles. The predicted molar refractivity (Wildman–Crippen MR) is 58.9 cm³/mol. The van der Waals surface area contributed by atoms with E-state index in [2.05, 4.69) is 0 Å². The largest absolute Gasteiger partial charge is 0.465 e. The third kappa shape index (κ3) is 3.17. The maximum absolute atomic E-state index is 11.2. The van der Waals surface area contributed by atoms with Gasteiger partial charge < -0.3 is 15.6 Å². The Hall–Kier alpha value is -0.620. The molecular weight excluding hydrogens is 238 g/mol. The highest BCUT2D eigenvalue weighted by Crippen LogP contribution is 2.26. The van der Waals surface area contributed by atoms with Gasteiger partial charge in [0.2, 0.25) is 0 Å². The third-order valence-corrected chi connectivity index (χ3v) is 3.13. The number of hydrogen-bond donors (Lipinski definition) is 2. The van der Waals surface area contributed by atoms with Gasteiger partial charge in [-0.1, -0.05) is 11.6 Å². The summed E-state index contributed by atoms with van der Waals surface area (Å²) >= 11 is 6.94. The van der Waals surface area contributed by atoms with E-state index >= 15 is 0 Å². The molecule has 15 heavy (non-hydrogen) atoms. The molecule has 84 valence electrons. The minimum Gasteiger partial charge on any atom is -0.465 e. The van der Waals surface area contributed by atoms with Crippen molar-refractivity contribution in [2.45, 2.75) is 19.1 Å². The van der Waals surface area contributed by atoms with E-state index < -0.39 is 18.1 Å². The summed E-state index contributed by atoms with van der Waals surface area (Å²) in [6.07, 6.45) is -1.07. The van der Waals surface area contributed by atoms with Gasteiger partial charge in [-0.25, -0.2) is 0 Å². The van der Waals surface area contributed by atoms with Crippen molar-refractivity contribution < 1.29 is 14.6 Å². The van der Waals surface area contributed by atoms with Gasteiger partial charge in [0, 0.05) is 10.3 Å². The van der Waals surface area contributed by atoms with Gasteiger partial charge in [0.05, 0.1) is 11.6 Å². The van der Waals surface area contributed by atoms with E-state index in [4.69, 9.17) is 22.1 Å². The van der Waals surface area contributed by atoms with Crippen molar-refractivity contribution in [3.05, 3.63) is 21.3 Å². The lowest BCUT2D eigenvalue weighted by Crippen LogP contribution is -2.37. The summed E-state index contributed by atoms with van der Waals surface area (Å²) in [4.78, 5) is 11.8. The second kappa shape index (κ2) is 5.46. The molecule has 1 aromatic heterocycles. The highest BCUT2D eigenvalue weighted by molar-refractivity contribution is 7.10. The van der Waals surface area contributed by atoms with Crippen LogP contribution in [0.2, 0.25) is 5.02 Å². The van der Waals surface area contributed by atoms with Gasteiger partial charge >= 0.3 is 5.97 Å². The molecule has 0 aliphatic heterocycles. The lowest BCUT2D eigenvalue weighted by atomic mass is 10.1. The second-order valence-corrected chi connectivity index (χ2v) is 4.27. The molecule has 0 aliphatic carbocycles. The van der Waals surface area contributed by atoms with Crippen LogP contribution in [0.4, 0.5) is 0 Å². The molecule has 1 heterocycles. The summed E-state index contributed by atoms with van der Waals surface area (Å²) in [6.45, 7) is 1.92. The number of aliphatic hydroxyl groups excluding tert-OH is 1. The molecule has 0 aliphatic rings. The van der Waals surface area contributed by atoms with Gasteiger partial charge in [0.15, 0.2) is 0 Å². The van der Waals surface area contributed by atoms with E-state index in [0.29, 0.717) is 9.90 Å². The summed E-state index contributed by atoms with van der Waals surface area (Å²) in [5, 5.41) is 11.9. The molecule has 0 amide bonds. The first-order valence-electron chi connectivity index (χ1n) is 4.40. The smallest absolute Gasteiger partial charge is 0.326 e. The van der Waals surface area contributed by atoms with Crippen molar-refractivity contribution in [2.24, 2.45) is 5.73 Å². The van der Waals surface area contributed by atoms with Crippen LogP contribution in [0, 0.1) is 0 Å². The average molecular weight is 250 g/mol. The maximum atomic E-state index is 11.2. The zero-order chi connectivity index (χ0) is 11.4. The van der Waals surface area contributed by atoms with Crippen LogP contribution in [0.3, 0.4) is 0 Å². The van der Waals surface area contributed by atoms with E-state index in [1.807, 2.05) is 0 Å². The van der Waals surface area contributed by atoms with Gasteiger partial charge in [-0.05, 0) is 13.0 Å². The second-order valence-electron chi connectivity index (χ2n) is 2.89. The summed E-state index contributed by atoms with van der Waals surface area (Å²) in [6, 6.07) is 0.510. The van der Waals surface area contributed by atoms with E-state index in [1.54, 1.807) is 18.4 Å². The summed E-state index contributed by atoms with van der Waals surface area (Å²) < 4.78 is 4.70. The van der Waals surface area contributed by atoms with E-state index in [-0.39, 0.29) is 6.61 Å². The van der Waals surface area contributed by atoms with E-state index in [0.717, 1.165) is 0 Å². The normalized spacial score (nSPS) is 14.7. The van der Waals surface area contributed by atoms with Crippen molar-refractivity contribution in [1.29, 1.82) is 0 Å². The Balaban J connectivity index is 2.67. The molecule has 3 N–H and O–H groups in total. The van der Waals surface area contributed by atoms with Crippen molar-refractivity contribution in [2.75, 3.05) is 6.61 Å². The number of nitrogens with two attached hydrogens (primary N) is 1. The molecule has 4 nitrogen and oxygen atoms in total. The topological polar surface area (TPSA) is 72.5 Å². The Morgan fingerprint density at radius 2 is 2.47 bits per heavy atom. The van der Waals surface area contributed by atoms with E-state index in [9.17, 15) is 9.90 Å². The maximum Gasteiger partial charge on any atom is 0.326 e. The van der Waals surface area contributed by atoms with Crippen molar-refractivity contribution >= 4 is 28.9 Å². The molecule has 0 saturated carbocycles. The molecular formula is C9H12ClNO3S. The van der Waals surface area contributed by atoms with Gasteiger partial charge in [0.25, 0.3) is 0 Å². The summed E-state index contributed by atoms with van der Waals surface area (Å²) in [7, 11) is 0. The summed E-state index contributed by atoms with van der Waals surface area (Å²) in [5.41, 5.74) is 5.53. The van der Waals surface area contributed by atoms with Crippen LogP contribution < -0.4 is 5.73 Å². The van der Waals surface area contributed by atoms with Crippen LogP contribution in [0.1, 0.15) is 17.9 Å². The Morgan fingerprint density at radius 3 is 2.93 bits per heavy atom. The zero-order valence-electron chi connectivity index (χ0n) is 8.14. The summed E-state index contributed by atoms with van der Waals surface area (Å²) in [5.74, 6) is -0.616. The number of rotatable bonds is 4. The number of halogens is 1. The standard InChI is InChI=1S/C9H12ClNO3S/c1-2-14-9(13)7(11)8(12)6-3-5(10)4-15-6/h3-4,7-8,12H,2,11H2,1H3. The highest BCUT2D eigenvalue weighted by atomic mass is 35.5. The predicted octanol–water partition coefficient (Wildman–Crippen LogP) is 1.33. The lowest BCUT2D eigenvalue weighted by Gasteiger charge is -2.15. The van der Waals surface area contributed by atoms with Crippen molar-refractivity contribution in [3.63, 3.8) is 0 Å². The molecule has 6 heteroatoms. The van der Waals surface area contributed by atoms with Crippen LogP contribution in [-0.4, -0.2) is 23.7 Å². The fourth-order valence-electron chi connectivity index (χ4n) is 1.03. The number of esters is 1. The Morgan fingerprint density at radius 1 is 1.80 bits per heavy atom. The van der Waals surface area contributed by atoms with Gasteiger partial charge in [0.1, 0.15) is 12.1 Å². The molecule has 2 unspecified atom stereocenters. The number of ether oxygens (including phenoxy) is 1. The molecule has 0 saturated heterocycles. The average Bonchev–Trinajstić information content (AvgIpc) is 2.63. The minimum atomic E-state index is -1.07. The van der Waals surface area contributed by atoms with Crippen LogP contribution in [-0.2, 0) is 9.53 Å². The van der Waals surface area contributed by atoms with Crippen molar-refractivity contribution in [3.8, 4) is 0 Å². The molecule has 1 aromatic rings. The number of carbonyl (C=O) groups is 1. The highest BCUT2D eigenvalue weighted by Gasteiger charge is 2.26. The minimum absolute atomic E-state index is 0.241. The van der Waals surface area contributed by atoms with Crippen LogP contribution >= 0.6 is 22.9 Å². The van der Waals surface area contributed by atoms with E-state index in [1.165, 1.54) is 11.3 Å². The quantitative estimate of drug-likeness (QED) is 0.790. The van der Waals surface area contributed by atoms with Gasteiger partial charge in [-0.15, -0.1) is 11.3 Å². The number of carbonyl (C=O) groups excluding carboxylic acids is 1. The molecule has 1 rings (SSSR count). The molecule has 0 fully saturated rings. The van der Waals surface area contributed by atoms with Crippen LogP contribution in [0.25, 0.3) is 0 Å². The number of thiophene rings is 1.